The Balaban J connectivity index is 1.88. The van der Waals surface area contributed by atoms with Crippen LogP contribution in [0.4, 0.5) is 0 Å². The highest BCUT2D eigenvalue weighted by molar-refractivity contribution is 7.91. The van der Waals surface area contributed by atoms with Crippen LogP contribution in [-0.2, 0) is 21.2 Å². The molecule has 21 heavy (non-hydrogen) atoms. The van der Waals surface area contributed by atoms with Crippen molar-refractivity contribution in [1.29, 1.82) is 0 Å². The van der Waals surface area contributed by atoms with Gasteiger partial charge in [-0.15, -0.1) is 0 Å². The summed E-state index contributed by atoms with van der Waals surface area (Å²) in [5.74, 6) is 0.825. The molecule has 1 atom stereocenters. The molecule has 0 radical (unpaired) electrons. The lowest BCUT2D eigenvalue weighted by Crippen LogP contribution is -2.50. The van der Waals surface area contributed by atoms with Crippen LogP contribution in [0.15, 0.2) is 22.8 Å². The minimum atomic E-state index is -3.02. The van der Waals surface area contributed by atoms with E-state index in [1.54, 1.807) is 13.2 Å². The Kier molecular flexibility index (Phi) is 4.73. The van der Waals surface area contributed by atoms with Crippen molar-refractivity contribution in [3.05, 3.63) is 24.2 Å². The van der Waals surface area contributed by atoms with E-state index in [1.165, 1.54) is 0 Å². The minimum absolute atomic E-state index is 0.0239. The fourth-order valence-electron chi connectivity index (χ4n) is 2.59. The molecule has 6 nitrogen and oxygen atoms in total. The molecule has 2 heterocycles. The number of furan rings is 1. The number of nitrogens with zero attached hydrogens (tertiary/aromatic N) is 1. The van der Waals surface area contributed by atoms with Gasteiger partial charge in [0, 0.05) is 0 Å². The summed E-state index contributed by atoms with van der Waals surface area (Å²) in [6, 6.07) is 3.68. The molecule has 0 saturated carbocycles. The van der Waals surface area contributed by atoms with Crippen molar-refractivity contribution in [2.45, 2.75) is 32.4 Å². The van der Waals surface area contributed by atoms with Crippen molar-refractivity contribution in [3.8, 4) is 0 Å². The molecule has 0 spiro atoms. The normalized spacial score (nSPS) is 24.3. The molecule has 1 N–H and O–H groups in total. The molecule has 2 rings (SSSR count). The number of carbonyl (C=O) groups is 1. The van der Waals surface area contributed by atoms with Crippen molar-refractivity contribution in [3.63, 3.8) is 0 Å². The second kappa shape index (κ2) is 6.19. The summed E-state index contributed by atoms with van der Waals surface area (Å²) in [5, 5.41) is 2.86. The number of carbonyl (C=O) groups excluding carboxylic acids is 1. The first kappa shape index (κ1) is 16.0. The van der Waals surface area contributed by atoms with Crippen LogP contribution in [0, 0.1) is 0 Å². The van der Waals surface area contributed by atoms with Crippen LogP contribution >= 0.6 is 0 Å². The lowest BCUT2D eigenvalue weighted by atomic mass is 10.0. The van der Waals surface area contributed by atoms with Crippen LogP contribution < -0.4 is 5.32 Å². The van der Waals surface area contributed by atoms with E-state index < -0.39 is 15.4 Å². The van der Waals surface area contributed by atoms with Gasteiger partial charge in [0.05, 0.1) is 36.4 Å². The van der Waals surface area contributed by atoms with E-state index in [2.05, 4.69) is 5.32 Å². The summed E-state index contributed by atoms with van der Waals surface area (Å²) >= 11 is 0. The number of hydrogen-bond donors (Lipinski definition) is 1. The molecule has 1 fully saturated rings. The Bertz CT molecular complexity index is 582. The van der Waals surface area contributed by atoms with Crippen LogP contribution in [0.3, 0.4) is 0 Å². The molecule has 0 unspecified atom stereocenters. The van der Waals surface area contributed by atoms with Crippen LogP contribution in [-0.4, -0.2) is 49.4 Å². The highest BCUT2D eigenvalue weighted by atomic mass is 32.2. The average Bonchev–Trinajstić information content (AvgIpc) is 2.96. The Labute approximate surface area is 125 Å². The summed E-state index contributed by atoms with van der Waals surface area (Å²) in [5.41, 5.74) is -0.639. The molecule has 1 saturated heterocycles. The molecule has 1 aliphatic heterocycles. The first-order valence-corrected chi connectivity index (χ1v) is 8.90. The van der Waals surface area contributed by atoms with E-state index >= 15 is 0 Å². The predicted octanol–water partition coefficient (Wildman–Crippen LogP) is 0.795. The van der Waals surface area contributed by atoms with E-state index in [9.17, 15) is 13.2 Å². The summed E-state index contributed by atoms with van der Waals surface area (Å²) in [4.78, 5) is 14.1. The fourth-order valence-corrected chi connectivity index (χ4v) is 4.68. The van der Waals surface area contributed by atoms with Gasteiger partial charge in [0.2, 0.25) is 5.91 Å². The van der Waals surface area contributed by atoms with Gasteiger partial charge in [0.1, 0.15) is 5.76 Å². The zero-order valence-corrected chi connectivity index (χ0v) is 13.3. The summed E-state index contributed by atoms with van der Waals surface area (Å²) < 4.78 is 28.4. The maximum atomic E-state index is 12.1. The van der Waals surface area contributed by atoms with Gasteiger partial charge in [-0.2, -0.15) is 0 Å². The van der Waals surface area contributed by atoms with Gasteiger partial charge < -0.3 is 9.73 Å². The topological polar surface area (TPSA) is 79.6 Å². The largest absolute Gasteiger partial charge is 0.468 e. The number of likely N-dealkylation sites (N-methyl/N-ethyl adjacent to an activating group) is 1. The predicted molar refractivity (Wildman–Crippen MR) is 79.5 cm³/mol. The highest BCUT2D eigenvalue weighted by Gasteiger charge is 2.39. The van der Waals surface area contributed by atoms with Gasteiger partial charge in [0.15, 0.2) is 9.84 Å². The second-order valence-electron chi connectivity index (χ2n) is 5.83. The van der Waals surface area contributed by atoms with Gasteiger partial charge in [-0.1, -0.05) is 6.92 Å². The molecule has 1 aromatic heterocycles. The first-order valence-electron chi connectivity index (χ1n) is 7.08. The van der Waals surface area contributed by atoms with E-state index in [0.717, 1.165) is 5.76 Å². The molecule has 0 bridgehead atoms. The lowest BCUT2D eigenvalue weighted by Gasteiger charge is -2.26. The SMILES string of the molecule is CCN(CC(=O)N[C@@]1(C)CCS(=O)(=O)C1)Cc1ccco1. The molecular formula is C14H22N2O4S. The summed E-state index contributed by atoms with van der Waals surface area (Å²) in [6.07, 6.45) is 2.08. The standard InChI is InChI=1S/C14H22N2O4S/c1-3-16(9-12-5-4-7-20-12)10-13(17)15-14(2)6-8-21(18,19)11-14/h4-5,7H,3,6,8-11H2,1-2H3,(H,15,17)/t14-/m0/s1. The van der Waals surface area contributed by atoms with Crippen LogP contribution in [0.1, 0.15) is 26.0 Å². The zero-order valence-electron chi connectivity index (χ0n) is 12.5. The molecule has 1 aromatic rings. The van der Waals surface area contributed by atoms with Gasteiger partial charge in [-0.25, -0.2) is 8.42 Å². The number of nitrogens with one attached hydrogen (secondary N) is 1. The highest BCUT2D eigenvalue weighted by Crippen LogP contribution is 2.22. The number of rotatable bonds is 6. The average molecular weight is 314 g/mol. The van der Waals surface area contributed by atoms with Crippen LogP contribution in [0.2, 0.25) is 0 Å². The number of hydrogen-bond acceptors (Lipinski definition) is 5. The molecule has 0 aliphatic carbocycles. The van der Waals surface area contributed by atoms with Crippen LogP contribution in [0.25, 0.3) is 0 Å². The molecular weight excluding hydrogens is 292 g/mol. The first-order chi connectivity index (χ1) is 9.82. The third kappa shape index (κ3) is 4.57. The summed E-state index contributed by atoms with van der Waals surface area (Å²) in [7, 11) is -3.02. The van der Waals surface area contributed by atoms with Gasteiger partial charge in [-0.3, -0.25) is 9.69 Å². The van der Waals surface area contributed by atoms with Crippen molar-refractivity contribution >= 4 is 15.7 Å². The van der Waals surface area contributed by atoms with Crippen molar-refractivity contribution < 1.29 is 17.6 Å². The minimum Gasteiger partial charge on any atom is -0.468 e. The Morgan fingerprint density at radius 2 is 2.29 bits per heavy atom. The van der Waals surface area contributed by atoms with Gasteiger partial charge in [0.25, 0.3) is 0 Å². The van der Waals surface area contributed by atoms with Crippen molar-refractivity contribution in [2.75, 3.05) is 24.6 Å². The molecule has 7 heteroatoms. The Morgan fingerprint density at radius 1 is 1.52 bits per heavy atom. The summed E-state index contributed by atoms with van der Waals surface area (Å²) in [6.45, 7) is 5.26. The van der Waals surface area contributed by atoms with E-state index in [0.29, 0.717) is 19.5 Å². The monoisotopic (exact) mass is 314 g/mol. The molecule has 1 aliphatic rings. The zero-order chi connectivity index (χ0) is 15.5. The van der Waals surface area contributed by atoms with E-state index in [-0.39, 0.29) is 24.0 Å². The maximum Gasteiger partial charge on any atom is 0.234 e. The fraction of sp³-hybridized carbons (Fsp3) is 0.643. The molecule has 0 aromatic carbocycles. The Morgan fingerprint density at radius 3 is 2.81 bits per heavy atom. The maximum absolute atomic E-state index is 12.1. The quantitative estimate of drug-likeness (QED) is 0.840. The third-order valence-corrected chi connectivity index (χ3v) is 5.62. The molecule has 1 amide bonds. The third-order valence-electron chi connectivity index (χ3n) is 3.72. The van der Waals surface area contributed by atoms with Gasteiger partial charge >= 0.3 is 0 Å². The Hall–Kier alpha value is -1.34. The lowest BCUT2D eigenvalue weighted by molar-refractivity contribution is -0.123. The van der Waals surface area contributed by atoms with E-state index in [1.807, 2.05) is 24.0 Å². The van der Waals surface area contributed by atoms with E-state index in [4.69, 9.17) is 4.42 Å². The number of sulfone groups is 1. The van der Waals surface area contributed by atoms with Crippen molar-refractivity contribution in [1.82, 2.24) is 10.2 Å². The van der Waals surface area contributed by atoms with Gasteiger partial charge in [-0.05, 0) is 32.0 Å². The van der Waals surface area contributed by atoms with Crippen LogP contribution in [0.5, 0.6) is 0 Å². The second-order valence-corrected chi connectivity index (χ2v) is 8.02. The smallest absolute Gasteiger partial charge is 0.234 e. The number of amides is 1. The van der Waals surface area contributed by atoms with Crippen molar-refractivity contribution in [2.24, 2.45) is 0 Å². The molecule has 118 valence electrons.